The highest BCUT2D eigenvalue weighted by Crippen LogP contribution is 2.09. The van der Waals surface area contributed by atoms with Crippen LogP contribution in [-0.2, 0) is 9.59 Å². The van der Waals surface area contributed by atoms with Gasteiger partial charge in [0.05, 0.1) is 23.9 Å². The first-order valence-electron chi connectivity index (χ1n) is 7.75. The van der Waals surface area contributed by atoms with Gasteiger partial charge in [0.2, 0.25) is 11.8 Å². The summed E-state index contributed by atoms with van der Waals surface area (Å²) in [5.41, 5.74) is 6.58. The number of halogens is 2. The molecule has 0 heterocycles. The maximum absolute atomic E-state index is 11.7. The summed E-state index contributed by atoms with van der Waals surface area (Å²) in [5.74, 6) is -0.303. The van der Waals surface area contributed by atoms with Gasteiger partial charge in [0.1, 0.15) is 0 Å². The van der Waals surface area contributed by atoms with Crippen molar-refractivity contribution in [1.29, 1.82) is 0 Å². The molecule has 2 aromatic rings. The second-order valence-electron chi connectivity index (χ2n) is 5.18. The smallest absolute Gasteiger partial charge is 0.250 e. The quantitative estimate of drug-likeness (QED) is 0.420. The van der Waals surface area contributed by atoms with Crippen LogP contribution in [0.5, 0.6) is 0 Å². The van der Waals surface area contributed by atoms with Crippen LogP contribution in [-0.4, -0.2) is 35.7 Å². The molecule has 0 saturated carbocycles. The van der Waals surface area contributed by atoms with Gasteiger partial charge in [0.15, 0.2) is 0 Å². The second kappa shape index (κ2) is 11.7. The summed E-state index contributed by atoms with van der Waals surface area (Å²) in [6.45, 7) is 0. The minimum Gasteiger partial charge on any atom is -0.272 e. The molecule has 6 nitrogen and oxygen atoms in total. The van der Waals surface area contributed by atoms with Crippen molar-refractivity contribution in [2.75, 3.05) is 11.5 Å². The first-order valence-corrected chi connectivity index (χ1v) is 10.5. The number of nitrogens with zero attached hydrogens (tertiary/aromatic N) is 2. The average Bonchev–Trinajstić information content (AvgIpc) is 2.65. The lowest BCUT2D eigenvalue weighted by Gasteiger charge is -2.01. The van der Waals surface area contributed by atoms with E-state index < -0.39 is 0 Å². The summed E-state index contributed by atoms with van der Waals surface area (Å²) in [5, 5.41) is 7.76. The third kappa shape index (κ3) is 8.98. The summed E-state index contributed by atoms with van der Waals surface area (Å²) in [7, 11) is 0. The summed E-state index contributed by atoms with van der Waals surface area (Å²) in [6.07, 6.45) is 3.11. The molecular weight excluding hydrogens is 496 g/mol. The molecule has 140 valence electrons. The molecule has 0 radical (unpaired) electrons. The van der Waals surface area contributed by atoms with Crippen LogP contribution in [0.2, 0.25) is 0 Å². The molecule has 0 aromatic heterocycles. The van der Waals surface area contributed by atoms with Gasteiger partial charge >= 0.3 is 0 Å². The Balaban J connectivity index is 1.61. The normalized spacial score (nSPS) is 11.0. The van der Waals surface area contributed by atoms with Gasteiger partial charge in [-0.15, -0.1) is 11.8 Å². The molecule has 2 N–H and O–H groups in total. The number of thioether (sulfide) groups is 1. The molecule has 0 fully saturated rings. The summed E-state index contributed by atoms with van der Waals surface area (Å²) < 4.78 is 1.94. The van der Waals surface area contributed by atoms with E-state index in [4.69, 9.17) is 0 Å². The van der Waals surface area contributed by atoms with Crippen molar-refractivity contribution in [2.24, 2.45) is 10.2 Å². The third-order valence-corrected chi connectivity index (χ3v) is 5.00. The molecule has 2 amide bonds. The van der Waals surface area contributed by atoms with Crippen LogP contribution < -0.4 is 10.9 Å². The number of hydrazone groups is 2. The molecule has 0 aliphatic heterocycles. The lowest BCUT2D eigenvalue weighted by Crippen LogP contribution is -2.23. The molecule has 2 rings (SSSR count). The number of hydrogen-bond donors (Lipinski definition) is 2. The lowest BCUT2D eigenvalue weighted by molar-refractivity contribution is -0.118. The van der Waals surface area contributed by atoms with E-state index in [1.54, 1.807) is 12.4 Å². The SMILES string of the molecule is O=C(CSCC(=O)NN=Cc1ccc(Br)cc1)NN=Cc1ccc(Br)cc1. The van der Waals surface area contributed by atoms with Crippen molar-refractivity contribution < 1.29 is 9.59 Å². The number of nitrogens with one attached hydrogen (secondary N) is 2. The van der Waals surface area contributed by atoms with Crippen molar-refractivity contribution in [2.45, 2.75) is 0 Å². The van der Waals surface area contributed by atoms with E-state index in [9.17, 15) is 9.59 Å². The summed E-state index contributed by atoms with van der Waals surface area (Å²) in [6, 6.07) is 15.0. The van der Waals surface area contributed by atoms with E-state index in [1.807, 2.05) is 48.5 Å². The Hall–Kier alpha value is -1.97. The fourth-order valence-electron chi connectivity index (χ4n) is 1.76. The number of rotatable bonds is 8. The van der Waals surface area contributed by atoms with Crippen LogP contribution in [0.1, 0.15) is 11.1 Å². The van der Waals surface area contributed by atoms with Crippen LogP contribution in [0.25, 0.3) is 0 Å². The van der Waals surface area contributed by atoms with Crippen LogP contribution >= 0.6 is 43.6 Å². The summed E-state index contributed by atoms with van der Waals surface area (Å²) in [4.78, 5) is 23.4. The van der Waals surface area contributed by atoms with Crippen molar-refractivity contribution in [3.05, 3.63) is 68.6 Å². The highest BCUT2D eigenvalue weighted by Gasteiger charge is 2.04. The molecule has 0 saturated heterocycles. The van der Waals surface area contributed by atoms with Crippen LogP contribution in [0.4, 0.5) is 0 Å². The Bertz CT molecular complexity index is 755. The molecule has 0 bridgehead atoms. The van der Waals surface area contributed by atoms with E-state index in [0.29, 0.717) is 0 Å². The van der Waals surface area contributed by atoms with Crippen molar-refractivity contribution in [1.82, 2.24) is 10.9 Å². The molecular formula is C18H16Br2N4O2S. The molecule has 27 heavy (non-hydrogen) atoms. The molecule has 0 spiro atoms. The largest absolute Gasteiger partial charge is 0.272 e. The lowest BCUT2D eigenvalue weighted by atomic mass is 10.2. The summed E-state index contributed by atoms with van der Waals surface area (Å²) >= 11 is 7.88. The Kier molecular flexibility index (Phi) is 9.23. The molecule has 2 aromatic carbocycles. The van der Waals surface area contributed by atoms with Gasteiger partial charge in [0, 0.05) is 8.95 Å². The van der Waals surface area contributed by atoms with Crippen molar-refractivity contribution in [3.8, 4) is 0 Å². The number of benzene rings is 2. The van der Waals surface area contributed by atoms with Crippen molar-refractivity contribution in [3.63, 3.8) is 0 Å². The minimum atomic E-state index is -0.278. The predicted octanol–water partition coefficient (Wildman–Crippen LogP) is 3.55. The van der Waals surface area contributed by atoms with Gasteiger partial charge in [-0.05, 0) is 35.4 Å². The van der Waals surface area contributed by atoms with Gasteiger partial charge in [-0.2, -0.15) is 10.2 Å². The van der Waals surface area contributed by atoms with Gasteiger partial charge in [0.25, 0.3) is 0 Å². The molecule has 0 aliphatic rings. The Morgan fingerprint density at radius 3 is 1.52 bits per heavy atom. The van der Waals surface area contributed by atoms with Gasteiger partial charge < -0.3 is 0 Å². The number of hydrogen-bond acceptors (Lipinski definition) is 5. The monoisotopic (exact) mass is 510 g/mol. The average molecular weight is 512 g/mol. The van der Waals surface area contributed by atoms with E-state index in [-0.39, 0.29) is 23.3 Å². The van der Waals surface area contributed by atoms with Crippen molar-refractivity contribution >= 4 is 67.9 Å². The highest BCUT2D eigenvalue weighted by atomic mass is 79.9. The molecule has 9 heteroatoms. The minimum absolute atomic E-state index is 0.127. The number of carbonyl (C=O) groups is 2. The van der Waals surface area contributed by atoms with Gasteiger partial charge in [-0.3, -0.25) is 9.59 Å². The van der Waals surface area contributed by atoms with E-state index in [2.05, 4.69) is 52.9 Å². The fraction of sp³-hybridized carbons (Fsp3) is 0.111. The Morgan fingerprint density at radius 2 is 1.15 bits per heavy atom. The van der Waals surface area contributed by atoms with E-state index in [1.165, 1.54) is 11.8 Å². The van der Waals surface area contributed by atoms with E-state index >= 15 is 0 Å². The van der Waals surface area contributed by atoms with Crippen LogP contribution in [0, 0.1) is 0 Å². The third-order valence-electron chi connectivity index (χ3n) is 3.01. The number of amides is 2. The van der Waals surface area contributed by atoms with Gasteiger partial charge in [-0.1, -0.05) is 56.1 Å². The predicted molar refractivity (Wildman–Crippen MR) is 117 cm³/mol. The highest BCUT2D eigenvalue weighted by molar-refractivity contribution is 9.10. The van der Waals surface area contributed by atoms with Crippen LogP contribution in [0.15, 0.2) is 67.7 Å². The van der Waals surface area contributed by atoms with Gasteiger partial charge in [-0.25, -0.2) is 10.9 Å². The maximum atomic E-state index is 11.7. The molecule has 0 unspecified atom stereocenters. The second-order valence-corrected chi connectivity index (χ2v) is 8.00. The standard InChI is InChI=1S/C18H16Br2N4O2S/c19-15-5-1-13(2-6-15)9-21-23-17(25)11-27-12-18(26)24-22-10-14-3-7-16(20)8-4-14/h1-10H,11-12H2,(H,23,25)(H,24,26). The number of carbonyl (C=O) groups excluding carboxylic acids is 2. The Labute approximate surface area is 178 Å². The zero-order valence-electron chi connectivity index (χ0n) is 14.1. The topological polar surface area (TPSA) is 82.9 Å². The zero-order valence-corrected chi connectivity index (χ0v) is 18.1. The Morgan fingerprint density at radius 1 is 0.778 bits per heavy atom. The van der Waals surface area contributed by atoms with Crippen LogP contribution in [0.3, 0.4) is 0 Å². The fourth-order valence-corrected chi connectivity index (χ4v) is 2.89. The first-order chi connectivity index (χ1) is 13.0. The zero-order chi connectivity index (χ0) is 19.5. The molecule has 0 atom stereocenters. The molecule has 0 aliphatic carbocycles. The first kappa shape index (κ1) is 21.3. The van der Waals surface area contributed by atoms with E-state index in [0.717, 1.165) is 20.1 Å². The maximum Gasteiger partial charge on any atom is 0.250 e.